The van der Waals surface area contributed by atoms with Gasteiger partial charge in [-0.1, -0.05) is 48.0 Å². The fourth-order valence-corrected chi connectivity index (χ4v) is 6.48. The van der Waals surface area contributed by atoms with E-state index in [9.17, 15) is 18.3 Å². The van der Waals surface area contributed by atoms with Gasteiger partial charge < -0.3 is 20.3 Å². The maximum atomic E-state index is 13.7. The molecule has 0 fully saturated rings. The fourth-order valence-electron chi connectivity index (χ4n) is 5.28. The molecule has 5 rings (SSSR count). The van der Waals surface area contributed by atoms with Crippen molar-refractivity contribution in [1.29, 1.82) is 0 Å². The van der Waals surface area contributed by atoms with Crippen LogP contribution in [0.2, 0.25) is 0 Å². The predicted octanol–water partition coefficient (Wildman–Crippen LogP) is 4.11. The summed E-state index contributed by atoms with van der Waals surface area (Å²) in [6.45, 7) is 4.98. The lowest BCUT2D eigenvalue weighted by molar-refractivity contribution is 0.0851. The third-order valence-electron chi connectivity index (χ3n) is 7.67. The topological polar surface area (TPSA) is 104 Å². The van der Waals surface area contributed by atoms with Gasteiger partial charge in [0, 0.05) is 43.0 Å². The summed E-state index contributed by atoms with van der Waals surface area (Å²) in [6.07, 6.45) is 1.96. The maximum absolute atomic E-state index is 13.7. The van der Waals surface area contributed by atoms with Crippen molar-refractivity contribution in [3.8, 4) is 0 Å². The minimum atomic E-state index is -3.51. The summed E-state index contributed by atoms with van der Waals surface area (Å²) >= 11 is 0. The van der Waals surface area contributed by atoms with Gasteiger partial charge in [-0.25, -0.2) is 8.42 Å². The molecule has 1 aliphatic rings. The van der Waals surface area contributed by atoms with Gasteiger partial charge in [0.15, 0.2) is 0 Å². The van der Waals surface area contributed by atoms with Gasteiger partial charge in [-0.15, -0.1) is 0 Å². The summed E-state index contributed by atoms with van der Waals surface area (Å²) < 4.78 is 29.1. The smallest absolute Gasteiger partial charge is 0.251 e. The molecular formula is C31H36N4O4S. The first-order chi connectivity index (χ1) is 19.2. The molecule has 2 heterocycles. The zero-order valence-corrected chi connectivity index (χ0v) is 23.9. The SMILES string of the molecule is CCn1cc2c3c(cc(C(=O)NC(Cc4ccccc4)[C@H](O)CNc4ccc(C)cc4)cc31)N(C)S(=O)(=O)CC2. The van der Waals surface area contributed by atoms with E-state index in [4.69, 9.17) is 0 Å². The summed E-state index contributed by atoms with van der Waals surface area (Å²) in [5.41, 5.74) is 5.66. The Morgan fingerprint density at radius 1 is 1.07 bits per heavy atom. The highest BCUT2D eigenvalue weighted by atomic mass is 32.2. The van der Waals surface area contributed by atoms with E-state index < -0.39 is 22.2 Å². The summed E-state index contributed by atoms with van der Waals surface area (Å²) in [5.74, 6) is -0.351. The molecule has 1 aliphatic heterocycles. The Morgan fingerprint density at radius 2 is 1.80 bits per heavy atom. The molecule has 2 atom stereocenters. The molecule has 0 bridgehead atoms. The fraction of sp³-hybridized carbons (Fsp3) is 0.323. The lowest BCUT2D eigenvalue weighted by Gasteiger charge is -2.26. The average molecular weight is 561 g/mol. The van der Waals surface area contributed by atoms with E-state index in [1.807, 2.05) is 80.7 Å². The monoisotopic (exact) mass is 560 g/mol. The lowest BCUT2D eigenvalue weighted by Crippen LogP contribution is -2.47. The Hall–Kier alpha value is -3.82. The largest absolute Gasteiger partial charge is 0.389 e. The second kappa shape index (κ2) is 11.3. The van der Waals surface area contributed by atoms with E-state index in [2.05, 4.69) is 15.2 Å². The van der Waals surface area contributed by atoms with Crippen LogP contribution in [0.25, 0.3) is 10.9 Å². The van der Waals surface area contributed by atoms with Crippen LogP contribution < -0.4 is 14.9 Å². The minimum Gasteiger partial charge on any atom is -0.389 e. The third kappa shape index (κ3) is 5.71. The number of rotatable bonds is 9. The predicted molar refractivity (Wildman–Crippen MR) is 161 cm³/mol. The molecule has 1 aromatic heterocycles. The average Bonchev–Trinajstić information content (AvgIpc) is 3.28. The quantitative estimate of drug-likeness (QED) is 0.286. The molecule has 8 nitrogen and oxygen atoms in total. The van der Waals surface area contributed by atoms with Gasteiger partial charge in [0.25, 0.3) is 5.91 Å². The number of anilines is 2. The van der Waals surface area contributed by atoms with Crippen LogP contribution in [0.15, 0.2) is 72.9 Å². The van der Waals surface area contributed by atoms with E-state index in [-0.39, 0.29) is 18.2 Å². The first kappa shape index (κ1) is 27.7. The van der Waals surface area contributed by atoms with Crippen molar-refractivity contribution in [2.75, 3.05) is 29.0 Å². The van der Waals surface area contributed by atoms with Crippen LogP contribution in [-0.2, 0) is 29.4 Å². The molecule has 0 saturated carbocycles. The molecule has 9 heteroatoms. The van der Waals surface area contributed by atoms with E-state index in [1.54, 1.807) is 13.1 Å². The van der Waals surface area contributed by atoms with Crippen molar-refractivity contribution in [3.63, 3.8) is 0 Å². The Labute approximate surface area is 235 Å². The van der Waals surface area contributed by atoms with Crippen LogP contribution in [0, 0.1) is 6.92 Å². The molecule has 210 valence electrons. The van der Waals surface area contributed by atoms with Crippen molar-refractivity contribution in [2.45, 2.75) is 45.4 Å². The molecule has 1 amide bonds. The van der Waals surface area contributed by atoms with E-state index in [1.165, 1.54) is 4.31 Å². The number of amides is 1. The Balaban J connectivity index is 1.45. The third-order valence-corrected chi connectivity index (χ3v) is 9.43. The highest BCUT2D eigenvalue weighted by molar-refractivity contribution is 7.92. The molecule has 1 unspecified atom stereocenters. The molecule has 0 saturated heterocycles. The number of hydrogen-bond donors (Lipinski definition) is 3. The number of nitrogens with one attached hydrogen (secondary N) is 2. The first-order valence-corrected chi connectivity index (χ1v) is 15.2. The summed E-state index contributed by atoms with van der Waals surface area (Å²) in [4.78, 5) is 13.7. The van der Waals surface area contributed by atoms with Crippen LogP contribution in [0.3, 0.4) is 0 Å². The summed E-state index contributed by atoms with van der Waals surface area (Å²) in [5, 5.41) is 18.4. The number of carbonyl (C=O) groups excluding carboxylic acids is 1. The molecular weight excluding hydrogens is 524 g/mol. The van der Waals surface area contributed by atoms with Crippen LogP contribution >= 0.6 is 0 Å². The van der Waals surface area contributed by atoms with Crippen LogP contribution in [0.1, 0.15) is 34.0 Å². The van der Waals surface area contributed by atoms with Gasteiger partial charge in [-0.3, -0.25) is 9.10 Å². The van der Waals surface area contributed by atoms with E-state index in [0.717, 1.165) is 33.3 Å². The van der Waals surface area contributed by atoms with E-state index >= 15 is 0 Å². The number of aliphatic hydroxyl groups is 1. The Morgan fingerprint density at radius 3 is 2.50 bits per heavy atom. The number of aliphatic hydroxyl groups excluding tert-OH is 1. The van der Waals surface area contributed by atoms with Crippen molar-refractivity contribution >= 4 is 38.2 Å². The van der Waals surface area contributed by atoms with Gasteiger partial charge in [-0.05, 0) is 62.1 Å². The second-order valence-electron chi connectivity index (χ2n) is 10.4. The highest BCUT2D eigenvalue weighted by Gasteiger charge is 2.29. The molecule has 0 radical (unpaired) electrons. The van der Waals surface area contributed by atoms with Crippen molar-refractivity contribution in [2.24, 2.45) is 0 Å². The first-order valence-electron chi connectivity index (χ1n) is 13.6. The van der Waals surface area contributed by atoms with Crippen LogP contribution in [0.4, 0.5) is 11.4 Å². The molecule has 3 N–H and O–H groups in total. The van der Waals surface area contributed by atoms with Gasteiger partial charge in [-0.2, -0.15) is 0 Å². The van der Waals surface area contributed by atoms with Crippen LogP contribution in [0.5, 0.6) is 0 Å². The molecule has 4 aromatic rings. The zero-order valence-electron chi connectivity index (χ0n) is 23.1. The van der Waals surface area contributed by atoms with Crippen molar-refractivity contribution in [1.82, 2.24) is 9.88 Å². The number of nitrogens with zero attached hydrogens (tertiary/aromatic N) is 2. The lowest BCUT2D eigenvalue weighted by atomic mass is 9.99. The summed E-state index contributed by atoms with van der Waals surface area (Å²) in [6, 6.07) is 20.5. The zero-order chi connectivity index (χ0) is 28.4. The maximum Gasteiger partial charge on any atom is 0.251 e. The normalized spacial score (nSPS) is 15.8. The van der Waals surface area contributed by atoms with Gasteiger partial charge >= 0.3 is 0 Å². The highest BCUT2D eigenvalue weighted by Crippen LogP contribution is 2.37. The Bertz CT molecular complexity index is 1610. The molecule has 0 aliphatic carbocycles. The number of hydrogen-bond acceptors (Lipinski definition) is 5. The minimum absolute atomic E-state index is 0.0157. The van der Waals surface area contributed by atoms with Gasteiger partial charge in [0.05, 0.1) is 29.1 Å². The van der Waals surface area contributed by atoms with E-state index in [0.29, 0.717) is 30.6 Å². The number of carbonyl (C=O) groups is 1. The number of benzene rings is 3. The molecule has 3 aromatic carbocycles. The standard InChI is InChI=1S/C31H36N4O4S/c1-4-35-20-23-14-15-40(38,39)34(3)27-17-24(18-28(35)30(23)27)31(37)33-26(16-22-8-6-5-7-9-22)29(36)19-32-25-12-10-21(2)11-13-25/h5-13,17-18,20,26,29,32,36H,4,14-16,19H2,1-3H3,(H,33,37)/t26?,29-/m1/s1. The second-order valence-corrected chi connectivity index (χ2v) is 12.6. The molecule has 40 heavy (non-hydrogen) atoms. The van der Waals surface area contributed by atoms with Crippen LogP contribution in [-0.4, -0.2) is 55.5 Å². The number of aromatic nitrogens is 1. The van der Waals surface area contributed by atoms with Gasteiger partial charge in [0.1, 0.15) is 0 Å². The molecule has 0 spiro atoms. The number of sulfonamides is 1. The summed E-state index contributed by atoms with van der Waals surface area (Å²) in [7, 11) is -1.97. The number of aryl methyl sites for hydroxylation is 3. The Kier molecular flexibility index (Phi) is 7.87. The van der Waals surface area contributed by atoms with Crippen molar-refractivity contribution < 1.29 is 18.3 Å². The van der Waals surface area contributed by atoms with Crippen molar-refractivity contribution in [3.05, 3.63) is 95.2 Å². The van der Waals surface area contributed by atoms with Gasteiger partial charge in [0.2, 0.25) is 10.0 Å².